The SMILES string of the molecule is CC(/C=C1\SC(=S)N(CCCC(=O)N2CCN(CCNC(=O)CCN3C(=O)/C(=C\C(C)=C\c4ccccc4)SC3=S)CC2)C1=O)=C\c1ccccc1. The Morgan fingerprint density at radius 2 is 1.21 bits per heavy atom. The molecule has 0 bridgehead atoms. The number of hydrogen-bond acceptors (Lipinski definition) is 9. The lowest BCUT2D eigenvalue weighted by atomic mass is 10.1. The lowest BCUT2D eigenvalue weighted by Gasteiger charge is -2.35. The molecular formula is C39H43N5O4S4. The number of allylic oxidation sites excluding steroid dienone is 4. The molecule has 13 heteroatoms. The summed E-state index contributed by atoms with van der Waals surface area (Å²) >= 11 is 13.5. The minimum atomic E-state index is -0.174. The normalized spacial score (nSPS) is 19.1. The highest BCUT2D eigenvalue weighted by atomic mass is 32.2. The van der Waals surface area contributed by atoms with E-state index in [1.165, 1.54) is 28.4 Å². The Bertz CT molecular complexity index is 1800. The van der Waals surface area contributed by atoms with Crippen LogP contribution in [-0.4, -0.2) is 104 Å². The number of rotatable bonds is 14. The zero-order valence-corrected chi connectivity index (χ0v) is 32.7. The second-order valence-corrected chi connectivity index (χ2v) is 16.0. The third kappa shape index (κ3) is 11.3. The van der Waals surface area contributed by atoms with E-state index >= 15 is 0 Å². The molecule has 3 aliphatic heterocycles. The van der Waals surface area contributed by atoms with Crippen molar-refractivity contribution in [2.45, 2.75) is 33.1 Å². The van der Waals surface area contributed by atoms with Crippen molar-refractivity contribution in [2.75, 3.05) is 52.4 Å². The monoisotopic (exact) mass is 773 g/mol. The minimum Gasteiger partial charge on any atom is -0.355 e. The summed E-state index contributed by atoms with van der Waals surface area (Å²) in [6, 6.07) is 19.8. The van der Waals surface area contributed by atoms with E-state index in [1.54, 1.807) is 4.90 Å². The third-order valence-corrected chi connectivity index (χ3v) is 11.4. The van der Waals surface area contributed by atoms with Crippen molar-refractivity contribution in [1.82, 2.24) is 24.9 Å². The molecule has 272 valence electrons. The molecule has 0 saturated carbocycles. The summed E-state index contributed by atoms with van der Waals surface area (Å²) in [5, 5.41) is 2.95. The van der Waals surface area contributed by atoms with Crippen LogP contribution in [0.2, 0.25) is 0 Å². The molecule has 1 N–H and O–H groups in total. The fraction of sp³-hybridized carbons (Fsp3) is 0.333. The van der Waals surface area contributed by atoms with Crippen molar-refractivity contribution in [3.8, 4) is 0 Å². The number of nitrogens with zero attached hydrogens (tertiary/aromatic N) is 4. The second-order valence-electron chi connectivity index (χ2n) is 12.7. The molecule has 9 nitrogen and oxygen atoms in total. The van der Waals surface area contributed by atoms with Crippen LogP contribution in [0, 0.1) is 0 Å². The fourth-order valence-corrected chi connectivity index (χ4v) is 8.65. The largest absolute Gasteiger partial charge is 0.355 e. The maximum absolute atomic E-state index is 13.0. The Kier molecular flexibility index (Phi) is 14.6. The molecule has 3 fully saturated rings. The molecule has 0 unspecified atom stereocenters. The van der Waals surface area contributed by atoms with E-state index in [9.17, 15) is 19.2 Å². The number of carbonyl (C=O) groups is 4. The van der Waals surface area contributed by atoms with Gasteiger partial charge in [0.2, 0.25) is 11.8 Å². The van der Waals surface area contributed by atoms with E-state index < -0.39 is 0 Å². The summed E-state index contributed by atoms with van der Waals surface area (Å²) < 4.78 is 0.980. The summed E-state index contributed by atoms with van der Waals surface area (Å²) in [7, 11) is 0. The number of hydrogen-bond donors (Lipinski definition) is 1. The first-order valence-corrected chi connectivity index (χ1v) is 19.8. The van der Waals surface area contributed by atoms with Crippen LogP contribution in [0.5, 0.6) is 0 Å². The van der Waals surface area contributed by atoms with Gasteiger partial charge >= 0.3 is 0 Å². The summed E-state index contributed by atoms with van der Waals surface area (Å²) in [5.74, 6) is -0.349. The Hall–Kier alpha value is -3.88. The number of thiocarbonyl (C=S) groups is 2. The molecule has 52 heavy (non-hydrogen) atoms. The highest BCUT2D eigenvalue weighted by Crippen LogP contribution is 2.33. The molecule has 4 amide bonds. The predicted octanol–water partition coefficient (Wildman–Crippen LogP) is 6.11. The highest BCUT2D eigenvalue weighted by Gasteiger charge is 2.33. The van der Waals surface area contributed by atoms with E-state index in [0.717, 1.165) is 35.4 Å². The van der Waals surface area contributed by atoms with Crippen molar-refractivity contribution >= 4 is 92.4 Å². The van der Waals surface area contributed by atoms with Gasteiger partial charge in [-0.3, -0.25) is 33.9 Å². The number of amides is 4. The van der Waals surface area contributed by atoms with E-state index in [2.05, 4.69) is 10.2 Å². The van der Waals surface area contributed by atoms with Crippen LogP contribution in [0.25, 0.3) is 12.2 Å². The number of thioether (sulfide) groups is 2. The van der Waals surface area contributed by atoms with Crippen molar-refractivity contribution in [3.63, 3.8) is 0 Å². The number of carbonyl (C=O) groups excluding carboxylic acids is 4. The summed E-state index contributed by atoms with van der Waals surface area (Å²) in [4.78, 5) is 59.9. The fourth-order valence-electron chi connectivity index (χ4n) is 5.93. The van der Waals surface area contributed by atoms with Gasteiger partial charge in [-0.25, -0.2) is 0 Å². The van der Waals surface area contributed by atoms with Gasteiger partial charge in [-0.15, -0.1) is 0 Å². The molecule has 0 spiro atoms. The topological polar surface area (TPSA) is 93.3 Å². The average molecular weight is 774 g/mol. The molecule has 3 heterocycles. The molecule has 0 atom stereocenters. The highest BCUT2D eigenvalue weighted by molar-refractivity contribution is 8.27. The first kappa shape index (κ1) is 39.3. The molecule has 5 rings (SSSR count). The van der Waals surface area contributed by atoms with Gasteiger partial charge in [0.1, 0.15) is 8.64 Å². The number of piperazine rings is 1. The quantitative estimate of drug-likeness (QED) is 0.180. The van der Waals surface area contributed by atoms with E-state index in [-0.39, 0.29) is 36.6 Å². The average Bonchev–Trinajstić information content (AvgIpc) is 3.55. The van der Waals surface area contributed by atoms with Crippen LogP contribution in [0.1, 0.15) is 44.2 Å². The summed E-state index contributed by atoms with van der Waals surface area (Å²) in [5.41, 5.74) is 4.03. The van der Waals surface area contributed by atoms with Gasteiger partial charge < -0.3 is 10.2 Å². The maximum atomic E-state index is 13.0. The van der Waals surface area contributed by atoms with Crippen LogP contribution in [0.3, 0.4) is 0 Å². The molecule has 2 aromatic rings. The molecule has 0 radical (unpaired) electrons. The van der Waals surface area contributed by atoms with E-state index in [4.69, 9.17) is 24.4 Å². The van der Waals surface area contributed by atoms with Crippen molar-refractivity contribution in [3.05, 3.63) is 105 Å². The third-order valence-electron chi connectivity index (χ3n) is 8.66. The van der Waals surface area contributed by atoms with Crippen LogP contribution in [0.4, 0.5) is 0 Å². The molecule has 0 aromatic heterocycles. The first-order chi connectivity index (χ1) is 25.1. The number of nitrogens with one attached hydrogen (secondary N) is 1. The maximum Gasteiger partial charge on any atom is 0.266 e. The van der Waals surface area contributed by atoms with E-state index in [1.807, 2.05) is 104 Å². The van der Waals surface area contributed by atoms with Crippen molar-refractivity contribution < 1.29 is 19.2 Å². The molecule has 0 aliphatic carbocycles. The lowest BCUT2D eigenvalue weighted by molar-refractivity contribution is -0.133. The molecule has 3 aliphatic rings. The van der Waals surface area contributed by atoms with Gasteiger partial charge in [0.25, 0.3) is 11.8 Å². The smallest absolute Gasteiger partial charge is 0.266 e. The predicted molar refractivity (Wildman–Crippen MR) is 220 cm³/mol. The number of benzene rings is 2. The lowest BCUT2D eigenvalue weighted by Crippen LogP contribution is -2.50. The summed E-state index contributed by atoms with van der Waals surface area (Å²) in [6.07, 6.45) is 8.80. The van der Waals surface area contributed by atoms with Crippen LogP contribution in [-0.2, 0) is 19.2 Å². The van der Waals surface area contributed by atoms with Gasteiger partial charge in [-0.05, 0) is 54.7 Å². The molecular weight excluding hydrogens is 731 g/mol. The van der Waals surface area contributed by atoms with Gasteiger partial charge in [-0.1, -0.05) is 121 Å². The second kappa shape index (κ2) is 19.3. The van der Waals surface area contributed by atoms with Crippen LogP contribution < -0.4 is 5.32 Å². The van der Waals surface area contributed by atoms with Gasteiger partial charge in [0, 0.05) is 65.2 Å². The molecule has 3 saturated heterocycles. The van der Waals surface area contributed by atoms with Gasteiger partial charge in [-0.2, -0.15) is 0 Å². The van der Waals surface area contributed by atoms with Gasteiger partial charge in [0.15, 0.2) is 0 Å². The zero-order chi connectivity index (χ0) is 37.0. The van der Waals surface area contributed by atoms with Crippen molar-refractivity contribution in [1.29, 1.82) is 0 Å². The van der Waals surface area contributed by atoms with E-state index in [0.29, 0.717) is 64.0 Å². The van der Waals surface area contributed by atoms with Crippen molar-refractivity contribution in [2.24, 2.45) is 0 Å². The van der Waals surface area contributed by atoms with Gasteiger partial charge in [0.05, 0.1) is 9.81 Å². The zero-order valence-electron chi connectivity index (χ0n) is 29.4. The molecule has 2 aromatic carbocycles. The first-order valence-electron chi connectivity index (χ1n) is 17.3. The summed E-state index contributed by atoms with van der Waals surface area (Å²) in [6.45, 7) is 8.38. The Labute approximate surface area is 325 Å². The standard InChI is InChI=1S/C39H43N5O4S4/c1-28(24-30-10-5-3-6-11-30)26-32-36(47)43(38(49)51-32)17-9-14-35(46)42-22-20-41(21-23-42)19-16-40-34(45)15-18-44-37(48)33(52-39(44)50)27-29(2)25-31-12-7-4-8-13-31/h3-8,10-13,24-27H,9,14-23H2,1-2H3,(H,40,45)/b28-24+,29-25+,32-26-,33-27+. The Balaban J connectivity index is 0.957. The van der Waals surface area contributed by atoms with Crippen LogP contribution >= 0.6 is 48.0 Å². The Morgan fingerprint density at radius 3 is 1.73 bits per heavy atom. The van der Waals surface area contributed by atoms with Crippen LogP contribution in [0.15, 0.2) is 93.8 Å². The minimum absolute atomic E-state index is 0.0727. The Morgan fingerprint density at radius 1 is 0.712 bits per heavy atom.